The highest BCUT2D eigenvalue weighted by Crippen LogP contribution is 2.30. The molecule has 0 aliphatic carbocycles. The van der Waals surface area contributed by atoms with Gasteiger partial charge in [-0.1, -0.05) is 23.7 Å². The Hall–Kier alpha value is -3.13. The Morgan fingerprint density at radius 3 is 2.82 bits per heavy atom. The summed E-state index contributed by atoms with van der Waals surface area (Å²) in [7, 11) is 1.88. The number of benzene rings is 1. The Labute approximate surface area is 197 Å². The smallest absolute Gasteiger partial charge is 0.251 e. The van der Waals surface area contributed by atoms with E-state index in [4.69, 9.17) is 16.3 Å². The van der Waals surface area contributed by atoms with E-state index in [1.807, 2.05) is 56.0 Å². The van der Waals surface area contributed by atoms with Crippen LogP contribution in [0, 0.1) is 0 Å². The second-order valence-corrected chi connectivity index (χ2v) is 8.62. The second-order valence-electron chi connectivity index (χ2n) is 8.18. The molecule has 0 saturated carbocycles. The van der Waals surface area contributed by atoms with Gasteiger partial charge in [-0.25, -0.2) is 4.98 Å². The van der Waals surface area contributed by atoms with Crippen molar-refractivity contribution in [1.82, 2.24) is 19.9 Å². The molecule has 7 nitrogen and oxygen atoms in total. The lowest BCUT2D eigenvalue weighted by atomic mass is 10.0. The van der Waals surface area contributed by atoms with Gasteiger partial charge in [0.15, 0.2) is 0 Å². The first-order chi connectivity index (χ1) is 16.1. The number of nitrogens with zero attached hydrogens (tertiary/aromatic N) is 3. The summed E-state index contributed by atoms with van der Waals surface area (Å²) in [4.78, 5) is 23.3. The van der Waals surface area contributed by atoms with Crippen molar-refractivity contribution in [3.05, 3.63) is 82.0 Å². The molecule has 4 aromatic rings. The van der Waals surface area contributed by atoms with Crippen LogP contribution in [0.4, 0.5) is 5.69 Å². The lowest BCUT2D eigenvalue weighted by Crippen LogP contribution is -2.36. The first kappa shape index (κ1) is 21.7. The molecule has 3 aromatic heterocycles. The lowest BCUT2D eigenvalue weighted by Gasteiger charge is -2.28. The third kappa shape index (κ3) is 4.39. The average molecular weight is 464 g/mol. The van der Waals surface area contributed by atoms with E-state index >= 15 is 0 Å². The highest BCUT2D eigenvalue weighted by molar-refractivity contribution is 6.30. The normalized spacial score (nSPS) is 15.2. The molecule has 1 fully saturated rings. The molecule has 33 heavy (non-hydrogen) atoms. The molecule has 170 valence electrons. The highest BCUT2D eigenvalue weighted by Gasteiger charge is 2.17. The molecular formula is C25H26ClN5O2. The Kier molecular flexibility index (Phi) is 6.17. The number of nitrogens with one attached hydrogen (secondary N) is 2. The van der Waals surface area contributed by atoms with Gasteiger partial charge in [0.1, 0.15) is 5.65 Å². The zero-order valence-electron chi connectivity index (χ0n) is 18.4. The molecular weight excluding hydrogens is 438 g/mol. The molecule has 4 heterocycles. The molecule has 0 amide bonds. The van der Waals surface area contributed by atoms with E-state index in [2.05, 4.69) is 26.3 Å². The Balaban J connectivity index is 1.51. The van der Waals surface area contributed by atoms with Gasteiger partial charge in [-0.2, -0.15) is 0 Å². The van der Waals surface area contributed by atoms with Gasteiger partial charge >= 0.3 is 0 Å². The fraction of sp³-hybridized carbons (Fsp3) is 0.280. The number of fused-ring (bicyclic) bond motifs is 1. The van der Waals surface area contributed by atoms with Crippen molar-refractivity contribution in [2.24, 2.45) is 0 Å². The topological polar surface area (TPSA) is 75.2 Å². The third-order valence-electron chi connectivity index (χ3n) is 6.12. The minimum atomic E-state index is -0.159. The molecule has 0 unspecified atom stereocenters. The number of hydrogen-bond acceptors (Lipinski definition) is 5. The maximum Gasteiger partial charge on any atom is 0.251 e. The van der Waals surface area contributed by atoms with E-state index in [0.717, 1.165) is 59.7 Å². The predicted molar refractivity (Wildman–Crippen MR) is 132 cm³/mol. The van der Waals surface area contributed by atoms with E-state index in [9.17, 15) is 4.79 Å². The molecule has 1 aliphatic rings. The molecule has 0 spiro atoms. The molecule has 0 radical (unpaired) electrons. The van der Waals surface area contributed by atoms with E-state index < -0.39 is 0 Å². The molecule has 1 atom stereocenters. The summed E-state index contributed by atoms with van der Waals surface area (Å²) in [6, 6.07) is 13.3. The van der Waals surface area contributed by atoms with Gasteiger partial charge in [-0.05, 0) is 42.4 Å². The number of likely N-dealkylation sites (N-methyl/N-ethyl adjacent to an activating group) is 1. The van der Waals surface area contributed by atoms with Crippen molar-refractivity contribution >= 4 is 28.3 Å². The number of H-pyrrole nitrogens is 1. The maximum absolute atomic E-state index is 13.2. The van der Waals surface area contributed by atoms with Crippen molar-refractivity contribution in [3.63, 3.8) is 0 Å². The van der Waals surface area contributed by atoms with Gasteiger partial charge < -0.3 is 24.5 Å². The van der Waals surface area contributed by atoms with Crippen LogP contribution < -0.4 is 15.8 Å². The molecule has 5 rings (SSSR count). The Morgan fingerprint density at radius 2 is 2.06 bits per heavy atom. The van der Waals surface area contributed by atoms with Crippen molar-refractivity contribution < 1.29 is 4.74 Å². The van der Waals surface area contributed by atoms with Crippen LogP contribution in [-0.4, -0.2) is 54.4 Å². The Morgan fingerprint density at radius 1 is 1.21 bits per heavy atom. The lowest BCUT2D eigenvalue weighted by molar-refractivity contribution is 0.122. The number of aromatic nitrogens is 3. The van der Waals surface area contributed by atoms with E-state index in [1.54, 1.807) is 10.6 Å². The minimum Gasteiger partial charge on any atom is -0.378 e. The number of rotatable bonds is 6. The van der Waals surface area contributed by atoms with Crippen LogP contribution in [0.25, 0.3) is 22.2 Å². The van der Waals surface area contributed by atoms with E-state index in [1.165, 1.54) is 0 Å². The summed E-state index contributed by atoms with van der Waals surface area (Å²) >= 11 is 6.21. The number of morpholine rings is 1. The Bertz CT molecular complexity index is 1330. The summed E-state index contributed by atoms with van der Waals surface area (Å²) in [5, 5.41) is 4.84. The number of pyridine rings is 2. The fourth-order valence-corrected chi connectivity index (χ4v) is 4.62. The summed E-state index contributed by atoms with van der Waals surface area (Å²) in [5.74, 6) is 0. The maximum atomic E-state index is 13.2. The summed E-state index contributed by atoms with van der Waals surface area (Å²) < 4.78 is 7.22. The first-order valence-corrected chi connectivity index (χ1v) is 11.4. The third-order valence-corrected chi connectivity index (χ3v) is 6.35. The van der Waals surface area contributed by atoms with Crippen molar-refractivity contribution in [3.8, 4) is 11.1 Å². The molecule has 8 heteroatoms. The second kappa shape index (κ2) is 9.39. The number of ether oxygens (including phenoxy) is 1. The molecule has 1 aliphatic heterocycles. The van der Waals surface area contributed by atoms with Crippen LogP contribution in [0.3, 0.4) is 0 Å². The molecule has 1 aromatic carbocycles. The van der Waals surface area contributed by atoms with Crippen LogP contribution in [0.1, 0.15) is 11.6 Å². The number of aromatic amines is 1. The van der Waals surface area contributed by atoms with Crippen LogP contribution in [0.15, 0.2) is 65.8 Å². The number of halogens is 1. The zero-order chi connectivity index (χ0) is 22.8. The minimum absolute atomic E-state index is 0.0700. The highest BCUT2D eigenvalue weighted by atomic mass is 35.5. The van der Waals surface area contributed by atoms with Gasteiger partial charge in [0.25, 0.3) is 5.56 Å². The molecule has 1 saturated heterocycles. The van der Waals surface area contributed by atoms with Gasteiger partial charge in [0.2, 0.25) is 0 Å². The van der Waals surface area contributed by atoms with Gasteiger partial charge in [0, 0.05) is 54.1 Å². The standard InChI is InChI=1S/C25H26ClN5O2/c1-27-16-23(18-3-2-4-19(26)11-18)31-6-5-17(12-24(31)32)22-15-29-25-21(22)13-20(14-28-25)30-7-9-33-10-8-30/h2-6,11-15,23,27H,7-10,16H2,1H3,(H,28,29)/t23-/m1/s1. The quantitative estimate of drug-likeness (QED) is 0.456. The van der Waals surface area contributed by atoms with Gasteiger partial charge in [-0.15, -0.1) is 0 Å². The van der Waals surface area contributed by atoms with Crippen LogP contribution in [-0.2, 0) is 4.74 Å². The predicted octanol–water partition coefficient (Wildman–Crippen LogP) is 3.69. The molecule has 2 N–H and O–H groups in total. The average Bonchev–Trinajstić information content (AvgIpc) is 3.27. The SMILES string of the molecule is CNC[C@H](c1cccc(Cl)c1)n1ccc(-c2c[nH]c3ncc(N4CCOCC4)cc23)cc1=O. The summed E-state index contributed by atoms with van der Waals surface area (Å²) in [5.41, 5.74) is 4.60. The number of anilines is 1. The van der Waals surface area contributed by atoms with Crippen molar-refractivity contribution in [2.75, 3.05) is 44.8 Å². The van der Waals surface area contributed by atoms with Crippen LogP contribution in [0.5, 0.6) is 0 Å². The van der Waals surface area contributed by atoms with E-state index in [-0.39, 0.29) is 11.6 Å². The van der Waals surface area contributed by atoms with Crippen LogP contribution in [0.2, 0.25) is 5.02 Å². The zero-order valence-corrected chi connectivity index (χ0v) is 19.2. The summed E-state index contributed by atoms with van der Waals surface area (Å²) in [6.07, 6.45) is 5.67. The fourth-order valence-electron chi connectivity index (χ4n) is 4.42. The van der Waals surface area contributed by atoms with Gasteiger partial charge in [0.05, 0.1) is 31.1 Å². The van der Waals surface area contributed by atoms with E-state index in [0.29, 0.717) is 11.6 Å². The first-order valence-electron chi connectivity index (χ1n) is 11.1. The largest absolute Gasteiger partial charge is 0.378 e. The number of hydrogen-bond donors (Lipinski definition) is 2. The summed E-state index contributed by atoms with van der Waals surface area (Å²) in [6.45, 7) is 3.74. The van der Waals surface area contributed by atoms with Crippen molar-refractivity contribution in [1.29, 1.82) is 0 Å². The molecule has 0 bridgehead atoms. The van der Waals surface area contributed by atoms with Crippen LogP contribution >= 0.6 is 11.6 Å². The monoisotopic (exact) mass is 463 g/mol. The van der Waals surface area contributed by atoms with Gasteiger partial charge in [-0.3, -0.25) is 4.79 Å². The van der Waals surface area contributed by atoms with Crippen molar-refractivity contribution in [2.45, 2.75) is 6.04 Å².